The highest BCUT2D eigenvalue weighted by molar-refractivity contribution is 6.31. The van der Waals surface area contributed by atoms with Gasteiger partial charge in [0.15, 0.2) is 5.78 Å². The predicted octanol–water partition coefficient (Wildman–Crippen LogP) is 4.45. The van der Waals surface area contributed by atoms with Crippen LogP contribution in [0.4, 0.5) is 0 Å². The van der Waals surface area contributed by atoms with Gasteiger partial charge in [0.25, 0.3) is 0 Å². The SMILES string of the molecule is O=C1Oc2ccc3ccccc3c2CC1C(=O)c1cccc(Cl)c1. The van der Waals surface area contributed by atoms with Gasteiger partial charge in [-0.15, -0.1) is 0 Å². The Morgan fingerprint density at radius 3 is 2.71 bits per heavy atom. The van der Waals surface area contributed by atoms with Crippen LogP contribution in [0.1, 0.15) is 15.9 Å². The Kier molecular flexibility index (Phi) is 3.58. The van der Waals surface area contributed by atoms with Gasteiger partial charge >= 0.3 is 5.97 Å². The Hall–Kier alpha value is -2.65. The average molecular weight is 337 g/mol. The summed E-state index contributed by atoms with van der Waals surface area (Å²) in [6.07, 6.45) is 0.334. The zero-order chi connectivity index (χ0) is 16.7. The molecule has 0 fully saturated rings. The molecule has 3 aromatic carbocycles. The zero-order valence-electron chi connectivity index (χ0n) is 12.7. The minimum Gasteiger partial charge on any atom is -0.426 e. The summed E-state index contributed by atoms with van der Waals surface area (Å²) in [5, 5.41) is 2.53. The van der Waals surface area contributed by atoms with E-state index < -0.39 is 11.9 Å². The third-order valence-corrected chi connectivity index (χ3v) is 4.56. The van der Waals surface area contributed by atoms with Gasteiger partial charge in [-0.05, 0) is 35.4 Å². The topological polar surface area (TPSA) is 43.4 Å². The Bertz CT molecular complexity index is 978. The number of ketones is 1. The summed E-state index contributed by atoms with van der Waals surface area (Å²) >= 11 is 5.96. The molecule has 4 heteroatoms. The highest BCUT2D eigenvalue weighted by atomic mass is 35.5. The minimum absolute atomic E-state index is 0.263. The van der Waals surface area contributed by atoms with Gasteiger partial charge in [0.2, 0.25) is 0 Å². The zero-order valence-corrected chi connectivity index (χ0v) is 13.4. The number of ether oxygens (including phenoxy) is 1. The summed E-state index contributed by atoms with van der Waals surface area (Å²) in [6, 6.07) is 18.2. The number of fused-ring (bicyclic) bond motifs is 3. The van der Waals surface area contributed by atoms with Crippen LogP contribution >= 0.6 is 11.6 Å². The number of hydrogen-bond donors (Lipinski definition) is 0. The van der Waals surface area contributed by atoms with Crippen LogP contribution in [0.15, 0.2) is 60.7 Å². The fourth-order valence-corrected chi connectivity index (χ4v) is 3.32. The molecule has 3 aromatic rings. The van der Waals surface area contributed by atoms with E-state index in [1.54, 1.807) is 30.3 Å². The van der Waals surface area contributed by atoms with E-state index >= 15 is 0 Å². The van der Waals surface area contributed by atoms with E-state index in [-0.39, 0.29) is 5.78 Å². The standard InChI is InChI=1S/C20H13ClO3/c21-14-6-3-5-13(10-14)19(22)17-11-16-15-7-2-1-4-12(15)8-9-18(16)24-20(17)23/h1-10,17H,11H2. The molecule has 1 aliphatic heterocycles. The lowest BCUT2D eigenvalue weighted by Gasteiger charge is -2.24. The van der Waals surface area contributed by atoms with Crippen molar-refractivity contribution in [3.8, 4) is 5.75 Å². The van der Waals surface area contributed by atoms with Crippen LogP contribution in [0.25, 0.3) is 10.8 Å². The first kappa shape index (κ1) is 14.9. The first-order valence-corrected chi connectivity index (χ1v) is 8.03. The molecular formula is C20H13ClO3. The summed E-state index contributed by atoms with van der Waals surface area (Å²) < 4.78 is 5.43. The Balaban J connectivity index is 1.77. The van der Waals surface area contributed by atoms with E-state index in [9.17, 15) is 9.59 Å². The second-order valence-electron chi connectivity index (χ2n) is 5.82. The van der Waals surface area contributed by atoms with Gasteiger partial charge in [0.1, 0.15) is 11.7 Å². The van der Waals surface area contributed by atoms with Crippen molar-refractivity contribution < 1.29 is 14.3 Å². The summed E-state index contributed by atoms with van der Waals surface area (Å²) in [5.74, 6) is -1.08. The van der Waals surface area contributed by atoms with Crippen LogP contribution in [0, 0.1) is 5.92 Å². The number of hydrogen-bond acceptors (Lipinski definition) is 3. The number of carbonyl (C=O) groups is 2. The third-order valence-electron chi connectivity index (χ3n) is 4.33. The van der Waals surface area contributed by atoms with Gasteiger partial charge in [-0.1, -0.05) is 54.1 Å². The molecule has 4 rings (SSSR count). The minimum atomic E-state index is -0.846. The molecule has 118 valence electrons. The fourth-order valence-electron chi connectivity index (χ4n) is 3.13. The molecule has 0 amide bonds. The van der Waals surface area contributed by atoms with Gasteiger partial charge < -0.3 is 4.74 Å². The maximum absolute atomic E-state index is 12.7. The van der Waals surface area contributed by atoms with E-state index in [0.717, 1.165) is 16.3 Å². The predicted molar refractivity (Wildman–Crippen MR) is 92.6 cm³/mol. The number of halogens is 1. The van der Waals surface area contributed by atoms with Crippen molar-refractivity contribution >= 4 is 34.1 Å². The van der Waals surface area contributed by atoms with Crippen LogP contribution in [0.2, 0.25) is 5.02 Å². The van der Waals surface area contributed by atoms with Gasteiger partial charge in [0, 0.05) is 16.1 Å². The smallest absolute Gasteiger partial charge is 0.322 e. The molecule has 1 aliphatic rings. The first-order chi connectivity index (χ1) is 11.6. The number of carbonyl (C=O) groups excluding carboxylic acids is 2. The molecule has 24 heavy (non-hydrogen) atoms. The molecule has 1 unspecified atom stereocenters. The summed E-state index contributed by atoms with van der Waals surface area (Å²) in [7, 11) is 0. The highest BCUT2D eigenvalue weighted by Crippen LogP contribution is 2.35. The Morgan fingerprint density at radius 2 is 1.88 bits per heavy atom. The number of benzene rings is 3. The molecule has 0 radical (unpaired) electrons. The maximum Gasteiger partial charge on any atom is 0.322 e. The van der Waals surface area contributed by atoms with Crippen molar-refractivity contribution in [3.05, 3.63) is 76.8 Å². The van der Waals surface area contributed by atoms with Crippen molar-refractivity contribution in [1.29, 1.82) is 0 Å². The number of Topliss-reactive ketones (excluding diaryl/α,β-unsaturated/α-hetero) is 1. The van der Waals surface area contributed by atoms with E-state index in [0.29, 0.717) is 22.8 Å². The number of rotatable bonds is 2. The molecule has 0 saturated heterocycles. The molecule has 3 nitrogen and oxygen atoms in total. The van der Waals surface area contributed by atoms with Crippen LogP contribution in [0.3, 0.4) is 0 Å². The van der Waals surface area contributed by atoms with Crippen molar-refractivity contribution in [2.45, 2.75) is 6.42 Å². The average Bonchev–Trinajstić information content (AvgIpc) is 2.60. The quantitative estimate of drug-likeness (QED) is 0.300. The summed E-state index contributed by atoms with van der Waals surface area (Å²) in [6.45, 7) is 0. The fraction of sp³-hybridized carbons (Fsp3) is 0.100. The van der Waals surface area contributed by atoms with Crippen molar-refractivity contribution in [2.24, 2.45) is 5.92 Å². The van der Waals surface area contributed by atoms with Gasteiger partial charge in [0.05, 0.1) is 0 Å². The van der Waals surface area contributed by atoms with Crippen LogP contribution < -0.4 is 4.74 Å². The molecule has 0 saturated carbocycles. The van der Waals surface area contributed by atoms with Gasteiger partial charge in [-0.3, -0.25) is 9.59 Å². The first-order valence-electron chi connectivity index (χ1n) is 7.65. The van der Waals surface area contributed by atoms with E-state index in [1.807, 2.05) is 30.3 Å². The lowest BCUT2D eigenvalue weighted by Crippen LogP contribution is -2.34. The second kappa shape index (κ2) is 5.77. The number of esters is 1. The Morgan fingerprint density at radius 1 is 1.04 bits per heavy atom. The normalized spacial score (nSPS) is 16.5. The molecule has 0 aromatic heterocycles. The molecule has 0 bridgehead atoms. The molecule has 0 N–H and O–H groups in total. The third kappa shape index (κ3) is 2.47. The lowest BCUT2D eigenvalue weighted by molar-refractivity contribution is -0.138. The highest BCUT2D eigenvalue weighted by Gasteiger charge is 2.35. The second-order valence-corrected chi connectivity index (χ2v) is 6.25. The van der Waals surface area contributed by atoms with Crippen molar-refractivity contribution in [3.63, 3.8) is 0 Å². The lowest BCUT2D eigenvalue weighted by atomic mass is 9.87. The van der Waals surface area contributed by atoms with Crippen molar-refractivity contribution in [1.82, 2.24) is 0 Å². The molecule has 0 spiro atoms. The van der Waals surface area contributed by atoms with E-state index in [2.05, 4.69) is 0 Å². The molecule has 0 aliphatic carbocycles. The van der Waals surface area contributed by atoms with Crippen LogP contribution in [-0.2, 0) is 11.2 Å². The Labute approximate surface area is 143 Å². The van der Waals surface area contributed by atoms with Gasteiger partial charge in [-0.2, -0.15) is 0 Å². The van der Waals surface area contributed by atoms with Crippen LogP contribution in [-0.4, -0.2) is 11.8 Å². The van der Waals surface area contributed by atoms with E-state index in [4.69, 9.17) is 16.3 Å². The van der Waals surface area contributed by atoms with Crippen molar-refractivity contribution in [2.75, 3.05) is 0 Å². The molecule has 1 heterocycles. The maximum atomic E-state index is 12.7. The van der Waals surface area contributed by atoms with E-state index in [1.165, 1.54) is 0 Å². The largest absolute Gasteiger partial charge is 0.426 e. The summed E-state index contributed by atoms with van der Waals surface area (Å²) in [5.41, 5.74) is 1.32. The van der Waals surface area contributed by atoms with Gasteiger partial charge in [-0.25, -0.2) is 0 Å². The monoisotopic (exact) mass is 336 g/mol. The van der Waals surface area contributed by atoms with Crippen LogP contribution in [0.5, 0.6) is 5.75 Å². The molecule has 1 atom stereocenters. The summed E-state index contributed by atoms with van der Waals surface area (Å²) in [4.78, 5) is 25.1. The molecular weight excluding hydrogens is 324 g/mol.